The number of amides is 2. The first-order chi connectivity index (χ1) is 13.5. The fraction of sp³-hybridized carbons (Fsp3) is 0.619. The van der Waals surface area contributed by atoms with Crippen molar-refractivity contribution >= 4 is 28.6 Å². The van der Waals surface area contributed by atoms with Gasteiger partial charge in [0, 0.05) is 53.0 Å². The fourth-order valence-corrected chi connectivity index (χ4v) is 1.31. The van der Waals surface area contributed by atoms with Crippen LogP contribution in [0.5, 0.6) is 0 Å². The molecule has 0 aliphatic heterocycles. The summed E-state index contributed by atoms with van der Waals surface area (Å²) < 4.78 is 14.2. The summed E-state index contributed by atoms with van der Waals surface area (Å²) in [7, 11) is 5.56. The van der Waals surface area contributed by atoms with Gasteiger partial charge in [-0.25, -0.2) is 9.69 Å². The van der Waals surface area contributed by atoms with Crippen LogP contribution in [0.25, 0.3) is 0 Å². The summed E-state index contributed by atoms with van der Waals surface area (Å²) in [5.41, 5.74) is 3.19. The van der Waals surface area contributed by atoms with Crippen LogP contribution in [0.3, 0.4) is 0 Å². The van der Waals surface area contributed by atoms with Crippen LogP contribution in [0, 0.1) is 0 Å². The maximum atomic E-state index is 10.1. The number of hydrogen-bond donors (Lipinski definition) is 1. The van der Waals surface area contributed by atoms with Crippen molar-refractivity contribution in [2.24, 2.45) is 0 Å². The average Bonchev–Trinajstić information content (AvgIpc) is 2.70. The standard InChI is InChI=1S/C10H15N.C4H9NO.C3H7NO3S.2C2H6/c1-9(2)11(3)10-7-5-4-6-8-10;1-4(6)5(2)3;1-3(5)4-7-8(2)6;2*1-2/h4-9H,1-3H3;1-3H3;1-2H3,(H,4,5);2*1-2H3. The predicted octanol–water partition coefficient (Wildman–Crippen LogP) is 4.03. The van der Waals surface area contributed by atoms with Crippen LogP contribution in [0.1, 0.15) is 55.4 Å². The summed E-state index contributed by atoms with van der Waals surface area (Å²) in [5, 5.41) is 0. The number of benzene rings is 1. The van der Waals surface area contributed by atoms with Gasteiger partial charge in [0.15, 0.2) is 11.1 Å². The highest BCUT2D eigenvalue weighted by Crippen LogP contribution is 2.12. The number of rotatable bonds is 4. The van der Waals surface area contributed by atoms with Crippen LogP contribution >= 0.6 is 0 Å². The Morgan fingerprint density at radius 2 is 1.34 bits per heavy atom. The molecule has 29 heavy (non-hydrogen) atoms. The van der Waals surface area contributed by atoms with Gasteiger partial charge in [-0.1, -0.05) is 45.9 Å². The highest BCUT2D eigenvalue weighted by molar-refractivity contribution is 7.79. The first-order valence-corrected chi connectivity index (χ1v) is 11.2. The van der Waals surface area contributed by atoms with E-state index in [4.69, 9.17) is 0 Å². The summed E-state index contributed by atoms with van der Waals surface area (Å²) >= 11 is -1.42. The number of nitrogens with one attached hydrogen (secondary N) is 1. The molecule has 172 valence electrons. The molecule has 0 aliphatic carbocycles. The van der Waals surface area contributed by atoms with Gasteiger partial charge in [0.05, 0.1) is 0 Å². The topological polar surface area (TPSA) is 79.0 Å². The zero-order valence-electron chi connectivity index (χ0n) is 20.4. The molecule has 0 aliphatic rings. The molecule has 0 fully saturated rings. The van der Waals surface area contributed by atoms with Crippen molar-refractivity contribution in [2.75, 3.05) is 32.3 Å². The van der Waals surface area contributed by atoms with Crippen molar-refractivity contribution < 1.29 is 18.1 Å². The van der Waals surface area contributed by atoms with Crippen molar-refractivity contribution in [3.05, 3.63) is 30.3 Å². The maximum Gasteiger partial charge on any atom is 0.241 e. The number of carbonyl (C=O) groups is 2. The smallest absolute Gasteiger partial charge is 0.241 e. The molecule has 1 N–H and O–H groups in total. The molecule has 1 unspecified atom stereocenters. The lowest BCUT2D eigenvalue weighted by atomic mass is 10.2. The molecule has 0 radical (unpaired) electrons. The van der Waals surface area contributed by atoms with E-state index in [-0.39, 0.29) is 11.8 Å². The van der Waals surface area contributed by atoms with Crippen LogP contribution in [0.4, 0.5) is 5.69 Å². The van der Waals surface area contributed by atoms with Gasteiger partial charge < -0.3 is 9.80 Å². The van der Waals surface area contributed by atoms with Gasteiger partial charge in [0.1, 0.15) is 0 Å². The van der Waals surface area contributed by atoms with Gasteiger partial charge in [-0.05, 0) is 26.0 Å². The van der Waals surface area contributed by atoms with Crippen molar-refractivity contribution in [3.8, 4) is 0 Å². The van der Waals surface area contributed by atoms with Crippen molar-refractivity contribution in [1.29, 1.82) is 0 Å². The Morgan fingerprint density at radius 3 is 1.55 bits per heavy atom. The summed E-state index contributed by atoms with van der Waals surface area (Å²) in [5.74, 6) is -0.268. The number of carbonyl (C=O) groups excluding carboxylic acids is 2. The Balaban J connectivity index is -0.000000154. The van der Waals surface area contributed by atoms with Crippen molar-refractivity contribution in [2.45, 2.75) is 61.4 Å². The summed E-state index contributed by atoms with van der Waals surface area (Å²) in [6, 6.07) is 11.0. The lowest BCUT2D eigenvalue weighted by Crippen LogP contribution is -2.25. The van der Waals surface area contributed by atoms with E-state index in [2.05, 4.69) is 54.3 Å². The van der Waals surface area contributed by atoms with Gasteiger partial charge in [-0.2, -0.15) is 4.28 Å². The zero-order valence-corrected chi connectivity index (χ0v) is 21.2. The lowest BCUT2D eigenvalue weighted by Gasteiger charge is -2.23. The molecule has 2 amide bonds. The molecule has 0 heterocycles. The number of nitrogens with zero attached hydrogens (tertiary/aromatic N) is 2. The highest BCUT2D eigenvalue weighted by atomic mass is 32.2. The zero-order chi connectivity index (χ0) is 24.0. The Hall–Kier alpha value is -1.93. The Bertz CT molecular complexity index is 510. The van der Waals surface area contributed by atoms with Gasteiger partial charge in [-0.15, -0.1) is 0 Å². The number of hydrogen-bond acceptors (Lipinski definition) is 5. The number of para-hydroxylation sites is 1. The molecule has 1 aromatic rings. The second-order valence-corrected chi connectivity index (χ2v) is 6.57. The van der Waals surface area contributed by atoms with Crippen molar-refractivity contribution in [1.82, 2.24) is 10.4 Å². The fourth-order valence-electron chi connectivity index (χ4n) is 1.08. The third-order valence-corrected chi connectivity index (χ3v) is 3.19. The predicted molar refractivity (Wildman–Crippen MR) is 126 cm³/mol. The summed E-state index contributed by atoms with van der Waals surface area (Å²) in [4.78, 5) is 23.8. The lowest BCUT2D eigenvalue weighted by molar-refractivity contribution is -0.126. The minimum atomic E-state index is -1.42. The van der Waals surface area contributed by atoms with E-state index in [9.17, 15) is 13.8 Å². The highest BCUT2D eigenvalue weighted by Gasteiger charge is 2.01. The molecule has 7 nitrogen and oxygen atoms in total. The Morgan fingerprint density at radius 1 is 0.966 bits per heavy atom. The van der Waals surface area contributed by atoms with Crippen LogP contribution in [-0.2, 0) is 25.0 Å². The second-order valence-electron chi connectivity index (χ2n) is 5.60. The number of hydroxylamine groups is 1. The quantitative estimate of drug-likeness (QED) is 0.726. The van der Waals surface area contributed by atoms with E-state index in [0.29, 0.717) is 6.04 Å². The summed E-state index contributed by atoms with van der Waals surface area (Å²) in [6.45, 7) is 15.2. The van der Waals surface area contributed by atoms with Crippen LogP contribution in [-0.4, -0.2) is 54.4 Å². The minimum Gasteiger partial charge on any atom is -0.372 e. The first kappa shape index (κ1) is 34.6. The third kappa shape index (κ3) is 28.4. The first-order valence-electron chi connectivity index (χ1n) is 9.72. The maximum absolute atomic E-state index is 10.1. The molecule has 8 heteroatoms. The molecule has 0 bridgehead atoms. The molecule has 1 aromatic carbocycles. The van der Waals surface area contributed by atoms with E-state index in [1.807, 2.05) is 39.2 Å². The molecule has 0 saturated heterocycles. The van der Waals surface area contributed by atoms with E-state index in [1.54, 1.807) is 14.1 Å². The van der Waals surface area contributed by atoms with Gasteiger partial charge in [0.2, 0.25) is 11.8 Å². The minimum absolute atomic E-state index is 0.0926. The Labute approximate surface area is 181 Å². The number of anilines is 1. The largest absolute Gasteiger partial charge is 0.372 e. The molecular formula is C21H43N3O4S. The monoisotopic (exact) mass is 433 g/mol. The molecule has 1 atom stereocenters. The molecule has 0 spiro atoms. The van der Waals surface area contributed by atoms with Crippen LogP contribution < -0.4 is 10.4 Å². The molecule has 0 aromatic heterocycles. The summed E-state index contributed by atoms with van der Waals surface area (Å²) in [6.07, 6.45) is 1.32. The van der Waals surface area contributed by atoms with Crippen molar-refractivity contribution in [3.63, 3.8) is 0 Å². The normalized spacial score (nSPS) is 9.41. The van der Waals surface area contributed by atoms with Gasteiger partial charge >= 0.3 is 0 Å². The van der Waals surface area contributed by atoms with Crippen LogP contribution in [0.2, 0.25) is 0 Å². The van der Waals surface area contributed by atoms with E-state index >= 15 is 0 Å². The third-order valence-electron chi connectivity index (χ3n) is 2.87. The average molecular weight is 434 g/mol. The molecular weight excluding hydrogens is 390 g/mol. The van der Waals surface area contributed by atoms with E-state index in [1.165, 1.54) is 30.7 Å². The second kappa shape index (κ2) is 24.1. The molecule has 0 saturated carbocycles. The van der Waals surface area contributed by atoms with Gasteiger partial charge in [-0.3, -0.25) is 9.59 Å². The Kier molecular flexibility index (Phi) is 28.7. The van der Waals surface area contributed by atoms with E-state index in [0.717, 1.165) is 0 Å². The SMILES string of the molecule is CC.CC.CC(=O)N(C)C.CC(=O)NOS(C)=O.CC(C)N(C)c1ccccc1. The van der Waals surface area contributed by atoms with E-state index < -0.39 is 11.1 Å². The molecule has 1 rings (SSSR count). The van der Waals surface area contributed by atoms with Crippen LogP contribution in [0.15, 0.2) is 30.3 Å². The van der Waals surface area contributed by atoms with Gasteiger partial charge in [0.25, 0.3) is 0 Å².